The summed E-state index contributed by atoms with van der Waals surface area (Å²) in [6.45, 7) is 1.63. The fraction of sp³-hybridized carbons (Fsp3) is 0.200. The Morgan fingerprint density at radius 2 is 2.00 bits per heavy atom. The van der Waals surface area contributed by atoms with Crippen LogP contribution in [-0.2, 0) is 4.79 Å². The van der Waals surface area contributed by atoms with E-state index in [4.69, 9.17) is 25.8 Å². The van der Waals surface area contributed by atoms with Gasteiger partial charge in [0.2, 0.25) is 30.0 Å². The molecule has 0 aliphatic carbocycles. The zero-order valence-corrected chi connectivity index (χ0v) is 17.5. The summed E-state index contributed by atoms with van der Waals surface area (Å²) in [6.07, 6.45) is 1.05. The highest BCUT2D eigenvalue weighted by Crippen LogP contribution is 2.45. The van der Waals surface area contributed by atoms with Crippen molar-refractivity contribution >= 4 is 35.0 Å². The number of ether oxygens (including phenoxy) is 3. The lowest BCUT2D eigenvalue weighted by Crippen LogP contribution is -2.36. The molecule has 0 bridgehead atoms. The Labute approximate surface area is 181 Å². The number of benzene rings is 2. The minimum absolute atomic E-state index is 0.152. The first-order valence-corrected chi connectivity index (χ1v) is 10.6. The van der Waals surface area contributed by atoms with Crippen LogP contribution in [0, 0.1) is 0 Å². The zero-order valence-electron chi connectivity index (χ0n) is 16.0. The topological polar surface area (TPSA) is 86.7 Å². The van der Waals surface area contributed by atoms with Crippen molar-refractivity contribution < 1.29 is 19.0 Å². The average molecular weight is 443 g/mol. The van der Waals surface area contributed by atoms with Crippen LogP contribution in [0.15, 0.2) is 41.6 Å². The van der Waals surface area contributed by atoms with Crippen molar-refractivity contribution in [1.82, 2.24) is 15.2 Å². The van der Waals surface area contributed by atoms with Crippen molar-refractivity contribution in [2.75, 3.05) is 17.9 Å². The molecule has 2 aliphatic heterocycles. The van der Waals surface area contributed by atoms with Gasteiger partial charge < -0.3 is 14.2 Å². The van der Waals surface area contributed by atoms with Crippen molar-refractivity contribution in [3.8, 4) is 28.6 Å². The number of hydrogen-bond acceptors (Lipinski definition) is 8. The molecule has 3 heterocycles. The molecule has 0 saturated carbocycles. The molecule has 0 N–H and O–H groups in total. The Kier molecular flexibility index (Phi) is 4.63. The van der Waals surface area contributed by atoms with Crippen molar-refractivity contribution in [2.45, 2.75) is 18.3 Å². The van der Waals surface area contributed by atoms with Crippen LogP contribution in [0.25, 0.3) is 11.3 Å². The molecule has 2 aliphatic rings. The largest absolute Gasteiger partial charge is 0.454 e. The van der Waals surface area contributed by atoms with Crippen molar-refractivity contribution in [2.24, 2.45) is 0 Å². The second kappa shape index (κ2) is 7.33. The van der Waals surface area contributed by atoms with Gasteiger partial charge in [0.1, 0.15) is 0 Å². The number of carbonyl (C=O) groups is 1. The number of aromatic nitrogens is 3. The Morgan fingerprint density at radius 1 is 1.17 bits per heavy atom. The molecular weight excluding hydrogens is 428 g/mol. The van der Waals surface area contributed by atoms with E-state index < -0.39 is 6.23 Å². The number of thioether (sulfide) groups is 1. The van der Waals surface area contributed by atoms with Crippen LogP contribution in [0.2, 0.25) is 5.02 Å². The smallest absolute Gasteiger partial charge is 0.247 e. The third-order valence-corrected chi connectivity index (χ3v) is 5.54. The normalized spacial score (nSPS) is 16.4. The standard InChI is InChI=1S/C20H15ClN4O4S/c1-10(26)25-14-5-4-12(21)8-13(14)17-18(22-20(30-2)24-23-17)29-19(25)11-3-6-15-16(7-11)28-9-27-15/h3-8,19H,9H2,1-2H3/t19-/m1/s1. The summed E-state index contributed by atoms with van der Waals surface area (Å²) < 4.78 is 17.2. The van der Waals surface area contributed by atoms with Gasteiger partial charge >= 0.3 is 0 Å². The van der Waals surface area contributed by atoms with Crippen LogP contribution in [0.4, 0.5) is 5.69 Å². The van der Waals surface area contributed by atoms with E-state index in [2.05, 4.69) is 15.2 Å². The maximum atomic E-state index is 12.8. The Balaban J connectivity index is 1.74. The minimum Gasteiger partial charge on any atom is -0.454 e. The number of nitrogens with zero attached hydrogens (tertiary/aromatic N) is 4. The van der Waals surface area contributed by atoms with E-state index in [1.165, 1.54) is 18.7 Å². The molecule has 0 radical (unpaired) electrons. The van der Waals surface area contributed by atoms with Gasteiger partial charge in [0.15, 0.2) is 17.2 Å². The van der Waals surface area contributed by atoms with Crippen LogP contribution in [-0.4, -0.2) is 34.1 Å². The van der Waals surface area contributed by atoms with E-state index >= 15 is 0 Å². The Bertz CT molecular complexity index is 1180. The third-order valence-electron chi connectivity index (χ3n) is 4.77. The van der Waals surface area contributed by atoms with Gasteiger partial charge in [-0.1, -0.05) is 23.4 Å². The van der Waals surface area contributed by atoms with E-state index in [9.17, 15) is 4.79 Å². The van der Waals surface area contributed by atoms with E-state index in [1.807, 2.05) is 12.3 Å². The van der Waals surface area contributed by atoms with Crippen LogP contribution in [0.5, 0.6) is 17.4 Å². The summed E-state index contributed by atoms with van der Waals surface area (Å²) in [7, 11) is 0. The molecule has 1 atom stereocenters. The highest BCUT2D eigenvalue weighted by molar-refractivity contribution is 7.98. The molecule has 8 nitrogen and oxygen atoms in total. The molecule has 1 amide bonds. The molecule has 152 valence electrons. The summed E-state index contributed by atoms with van der Waals surface area (Å²) in [5.74, 6) is 1.28. The summed E-state index contributed by atoms with van der Waals surface area (Å²) in [4.78, 5) is 18.8. The van der Waals surface area contributed by atoms with Crippen molar-refractivity contribution in [3.05, 3.63) is 47.0 Å². The first-order valence-electron chi connectivity index (χ1n) is 9.00. The molecule has 1 aromatic heterocycles. The van der Waals surface area contributed by atoms with Gasteiger partial charge in [0.05, 0.1) is 5.69 Å². The van der Waals surface area contributed by atoms with E-state index in [-0.39, 0.29) is 18.6 Å². The number of rotatable bonds is 2. The summed E-state index contributed by atoms with van der Waals surface area (Å²) >= 11 is 7.60. The summed E-state index contributed by atoms with van der Waals surface area (Å²) in [5, 5.41) is 9.40. The molecule has 3 aromatic rings. The Morgan fingerprint density at radius 3 is 2.80 bits per heavy atom. The SMILES string of the molecule is CSc1nnc2c(n1)O[C@H](c1ccc3c(c1)OCO3)N(C(C)=O)c1ccc(Cl)cc1-2. The molecule has 0 unspecified atom stereocenters. The van der Waals surface area contributed by atoms with E-state index in [0.29, 0.717) is 44.2 Å². The first kappa shape index (κ1) is 19.0. The molecular formula is C20H15ClN4O4S. The van der Waals surface area contributed by atoms with Crippen LogP contribution in [0.1, 0.15) is 18.7 Å². The van der Waals surface area contributed by atoms with E-state index in [1.54, 1.807) is 35.2 Å². The lowest BCUT2D eigenvalue weighted by atomic mass is 10.1. The van der Waals surface area contributed by atoms with E-state index in [0.717, 1.165) is 0 Å². The van der Waals surface area contributed by atoms with Gasteiger partial charge in [-0.3, -0.25) is 9.69 Å². The number of amides is 1. The lowest BCUT2D eigenvalue weighted by Gasteiger charge is -2.30. The molecule has 10 heteroatoms. The Hall–Kier alpha value is -3.04. The predicted molar refractivity (Wildman–Crippen MR) is 111 cm³/mol. The quantitative estimate of drug-likeness (QED) is 0.548. The fourth-order valence-electron chi connectivity index (χ4n) is 3.45. The average Bonchev–Trinajstić information content (AvgIpc) is 3.16. The molecule has 0 saturated heterocycles. The van der Waals surface area contributed by atoms with Crippen LogP contribution < -0.4 is 19.1 Å². The summed E-state index contributed by atoms with van der Waals surface area (Å²) in [5.41, 5.74) is 2.33. The number of halogens is 1. The number of hydrogen-bond donors (Lipinski definition) is 0. The fourth-order valence-corrected chi connectivity index (χ4v) is 3.92. The van der Waals surface area contributed by atoms with Gasteiger partial charge in [-0.25, -0.2) is 0 Å². The van der Waals surface area contributed by atoms with Crippen molar-refractivity contribution in [3.63, 3.8) is 0 Å². The number of fused-ring (bicyclic) bond motifs is 4. The van der Waals surface area contributed by atoms with Gasteiger partial charge in [-0.2, -0.15) is 4.98 Å². The van der Waals surface area contributed by atoms with Crippen LogP contribution in [0.3, 0.4) is 0 Å². The third kappa shape index (κ3) is 3.10. The van der Waals surface area contributed by atoms with Gasteiger partial charge in [-0.05, 0) is 42.7 Å². The van der Waals surface area contributed by atoms with Gasteiger partial charge in [0, 0.05) is 23.1 Å². The molecule has 0 fully saturated rings. The molecule has 0 spiro atoms. The maximum Gasteiger partial charge on any atom is 0.247 e. The molecule has 2 aromatic carbocycles. The summed E-state index contributed by atoms with van der Waals surface area (Å²) in [6, 6.07) is 10.6. The highest BCUT2D eigenvalue weighted by Gasteiger charge is 2.35. The number of anilines is 1. The molecule has 30 heavy (non-hydrogen) atoms. The highest BCUT2D eigenvalue weighted by atomic mass is 35.5. The second-order valence-electron chi connectivity index (χ2n) is 6.59. The predicted octanol–water partition coefficient (Wildman–Crippen LogP) is 4.09. The van der Waals surface area contributed by atoms with Crippen molar-refractivity contribution in [1.29, 1.82) is 0 Å². The minimum atomic E-state index is -0.801. The zero-order chi connectivity index (χ0) is 20.8. The number of carbonyl (C=O) groups excluding carboxylic acids is 1. The second-order valence-corrected chi connectivity index (χ2v) is 7.80. The first-order chi connectivity index (χ1) is 14.5. The molecule has 5 rings (SSSR count). The van der Waals surface area contributed by atoms with Gasteiger partial charge in [-0.15, -0.1) is 10.2 Å². The monoisotopic (exact) mass is 442 g/mol. The van der Waals surface area contributed by atoms with Gasteiger partial charge in [0.25, 0.3) is 0 Å². The van der Waals surface area contributed by atoms with Crippen LogP contribution >= 0.6 is 23.4 Å². The maximum absolute atomic E-state index is 12.8. The lowest BCUT2D eigenvalue weighted by molar-refractivity contribution is -0.118.